The van der Waals surface area contributed by atoms with E-state index in [1.807, 2.05) is 95.2 Å². The molecule has 2 aliphatic carbocycles. The minimum atomic E-state index is -1.18. The molecule has 2 aliphatic rings. The first kappa shape index (κ1) is 109. The summed E-state index contributed by atoms with van der Waals surface area (Å²) >= 11 is 0. The van der Waals surface area contributed by atoms with Crippen molar-refractivity contribution in [1.29, 1.82) is 0 Å². The Morgan fingerprint density at radius 2 is 0.573 bits per heavy atom. The molecule has 0 aliphatic heterocycles. The molecule has 0 bridgehead atoms. The summed E-state index contributed by atoms with van der Waals surface area (Å²) in [4.78, 5) is 119. The Morgan fingerprint density at radius 3 is 0.823 bits per heavy atom. The predicted octanol–water partition coefficient (Wildman–Crippen LogP) is 16.4. The summed E-state index contributed by atoms with van der Waals surface area (Å²) in [6.45, 7) is 32.1. The van der Waals surface area contributed by atoms with E-state index < -0.39 is 41.1 Å². The van der Waals surface area contributed by atoms with Gasteiger partial charge in [0.1, 0.15) is 56.9 Å². The molecule has 0 saturated heterocycles. The summed E-state index contributed by atoms with van der Waals surface area (Å²) < 4.78 is 52.7. The number of ether oxygens (including phenoxy) is 9. The number of rotatable bonds is 54. The number of hydrogen-bond donors (Lipinski definition) is 11. The van der Waals surface area contributed by atoms with Gasteiger partial charge in [-0.1, -0.05) is 92.4 Å². The van der Waals surface area contributed by atoms with E-state index in [9.17, 15) is 48.3 Å². The van der Waals surface area contributed by atoms with E-state index in [0.717, 1.165) is 141 Å². The van der Waals surface area contributed by atoms with Gasteiger partial charge in [0.25, 0.3) is 29.5 Å². The number of carboxylic acid groups (broad SMARTS) is 1. The molecule has 0 heterocycles. The van der Waals surface area contributed by atoms with Crippen LogP contribution in [-0.2, 0) is 14.2 Å². The van der Waals surface area contributed by atoms with Gasteiger partial charge in [-0.2, -0.15) is 0 Å². The SMILES string of the molecule is CCCCCCOc1cc(OCCCCCNC(=O)OC(C)(C)C)c(C(=O)NC2CCC(NC(=O)c3cc(C(=O)NCCN(C)C)c(OCCCCCNC(=O)OC(C)(C)C)cc3OCCCCCC)CC2)cc1C(=O)NCCC.CCCCCCOc1cc(OCCCCCNC(=O)OC(C)(C)C)c(C(=O)O)cc1C(=O)NCCC.NC1CCC(N)CC1. The van der Waals surface area contributed by atoms with Crippen LogP contribution >= 0.6 is 0 Å². The van der Waals surface area contributed by atoms with Crippen molar-refractivity contribution < 1.29 is 90.9 Å². The van der Waals surface area contributed by atoms with Crippen LogP contribution in [0.15, 0.2) is 36.4 Å². The number of aromatic carboxylic acids is 1. The van der Waals surface area contributed by atoms with Crippen molar-refractivity contribution in [1.82, 2.24) is 47.4 Å². The maximum atomic E-state index is 14.4. The molecule has 124 heavy (non-hydrogen) atoms. The van der Waals surface area contributed by atoms with Gasteiger partial charge in [-0.25, -0.2) is 19.2 Å². The fourth-order valence-corrected chi connectivity index (χ4v) is 13.1. The van der Waals surface area contributed by atoms with Crippen molar-refractivity contribution in [2.75, 3.05) is 99.5 Å². The molecule has 2 saturated carbocycles. The van der Waals surface area contributed by atoms with Crippen LogP contribution in [0.3, 0.4) is 0 Å². The van der Waals surface area contributed by atoms with Crippen molar-refractivity contribution in [2.45, 2.75) is 337 Å². The fourth-order valence-electron chi connectivity index (χ4n) is 13.1. The zero-order valence-electron chi connectivity index (χ0n) is 78.3. The van der Waals surface area contributed by atoms with Gasteiger partial charge in [-0.3, -0.25) is 24.0 Å². The number of carbonyl (C=O) groups excluding carboxylic acids is 8. The fraction of sp³-hybridized carbons (Fsp3) is 0.713. The van der Waals surface area contributed by atoms with Gasteiger partial charge in [0, 0.05) is 88.2 Å². The minimum Gasteiger partial charge on any atom is -0.493 e. The molecule has 0 radical (unpaired) electrons. The number of amides is 8. The second-order valence-electron chi connectivity index (χ2n) is 35.3. The van der Waals surface area contributed by atoms with Crippen molar-refractivity contribution in [3.05, 3.63) is 69.8 Å². The molecule has 0 spiro atoms. The quantitative estimate of drug-likeness (QED) is 0.0185. The lowest BCUT2D eigenvalue weighted by Gasteiger charge is -2.30. The first-order valence-electron chi connectivity index (χ1n) is 46.1. The first-order valence-corrected chi connectivity index (χ1v) is 46.1. The zero-order valence-corrected chi connectivity index (χ0v) is 78.3. The number of hydrogen-bond acceptors (Lipinski definition) is 21. The number of nitrogens with two attached hydrogens (primary N) is 2. The summed E-state index contributed by atoms with van der Waals surface area (Å²) in [5.74, 6) is -1.24. The van der Waals surface area contributed by atoms with Crippen molar-refractivity contribution in [3.8, 4) is 34.5 Å². The highest BCUT2D eigenvalue weighted by atomic mass is 16.6. The number of carboxylic acids is 1. The van der Waals surface area contributed by atoms with E-state index >= 15 is 0 Å². The second kappa shape index (κ2) is 61.4. The molecule has 13 N–H and O–H groups in total. The van der Waals surface area contributed by atoms with Crippen LogP contribution < -0.4 is 82.4 Å². The first-order chi connectivity index (χ1) is 59.0. The lowest BCUT2D eigenvalue weighted by atomic mass is 9.90. The lowest BCUT2D eigenvalue weighted by molar-refractivity contribution is 0.0515. The van der Waals surface area contributed by atoms with Gasteiger partial charge in [0.15, 0.2) is 0 Å². The van der Waals surface area contributed by atoms with E-state index in [1.54, 1.807) is 24.3 Å². The molecule has 0 atom stereocenters. The maximum Gasteiger partial charge on any atom is 0.407 e. The van der Waals surface area contributed by atoms with E-state index in [1.165, 1.54) is 12.1 Å². The van der Waals surface area contributed by atoms with Gasteiger partial charge in [-0.15, -0.1) is 0 Å². The minimum absolute atomic E-state index is 0.0819. The maximum absolute atomic E-state index is 14.4. The third-order valence-electron chi connectivity index (χ3n) is 19.8. The average molecular weight is 1750 g/mol. The molecule has 2 fully saturated rings. The van der Waals surface area contributed by atoms with Gasteiger partial charge < -0.3 is 107 Å². The van der Waals surface area contributed by atoms with Crippen LogP contribution in [-0.4, -0.2) is 204 Å². The van der Waals surface area contributed by atoms with E-state index in [0.29, 0.717) is 177 Å². The van der Waals surface area contributed by atoms with Gasteiger partial charge in [0.05, 0.1) is 67.5 Å². The number of carbonyl (C=O) groups is 9. The molecular formula is C94H159N11O19. The monoisotopic (exact) mass is 1750 g/mol. The zero-order chi connectivity index (χ0) is 91.9. The molecule has 3 aromatic rings. The standard InChI is InChI=1S/C61H101N7O12.C27H44N2O7.C6H14N2/c1-12-15-17-23-36-75-50-42-53(78-39-26-20-22-33-65-59(74)80-61(7,8)9)48(40-46(50)54(69)62-31-14-3)56(71)66-44-27-29-45(30-28-44)67-57(72)49-41-47(55(70)63-34-35-68(10)11)51(43-52(49)77-37-24-18-16-13-2)76-38-25-19-21-32-64-58(73)79-60(4,5)6;1-6-8-9-12-16-34-22-19-23(21(25(31)32)18-20(22)24(30)28-14-7-2)35-17-13-10-11-15-29-26(33)36-27(3,4)5;7-5-1-2-6(8)4-3-5/h40-45H,12-39H2,1-11H3,(H,62,69)(H,63,70)(H,64,73)(H,65,74)(H,66,71)(H,67,72);18-19H,6-17H2,1-5H3,(H,28,30)(H,29,33)(H,31,32);5-6H,1-4,7-8H2. The highest BCUT2D eigenvalue weighted by Crippen LogP contribution is 2.35. The third kappa shape index (κ3) is 48.5. The highest BCUT2D eigenvalue weighted by molar-refractivity contribution is 6.05. The summed E-state index contributed by atoms with van der Waals surface area (Å²) in [6.07, 6.45) is 25.2. The topological polar surface area (TPSA) is 408 Å². The van der Waals surface area contributed by atoms with Crippen molar-refractivity contribution in [3.63, 3.8) is 0 Å². The number of nitrogens with one attached hydrogen (secondary N) is 8. The smallest absolute Gasteiger partial charge is 0.407 e. The van der Waals surface area contributed by atoms with Crippen molar-refractivity contribution >= 4 is 53.8 Å². The van der Waals surface area contributed by atoms with Crippen LogP contribution in [0, 0.1) is 0 Å². The highest BCUT2D eigenvalue weighted by Gasteiger charge is 2.31. The van der Waals surface area contributed by atoms with Crippen molar-refractivity contribution in [2.24, 2.45) is 11.5 Å². The molecule has 30 nitrogen and oxygen atoms in total. The molecule has 8 amide bonds. The van der Waals surface area contributed by atoms with Gasteiger partial charge in [0.2, 0.25) is 0 Å². The molecule has 5 rings (SSSR count). The van der Waals surface area contributed by atoms with E-state index in [2.05, 4.69) is 63.3 Å². The van der Waals surface area contributed by atoms with Gasteiger partial charge in [-0.05, 0) is 236 Å². The molecule has 3 aromatic carbocycles. The lowest BCUT2D eigenvalue weighted by Crippen LogP contribution is -2.44. The number of nitrogens with zero attached hydrogens (tertiary/aromatic N) is 1. The van der Waals surface area contributed by atoms with E-state index in [-0.39, 0.29) is 87.4 Å². The summed E-state index contributed by atoms with van der Waals surface area (Å²) in [7, 11) is 3.84. The second-order valence-corrected chi connectivity index (χ2v) is 35.3. The normalized spacial score (nSPS) is 15.0. The Labute approximate surface area is 740 Å². The summed E-state index contributed by atoms with van der Waals surface area (Å²) in [5.41, 5.74) is 10.6. The molecule has 704 valence electrons. The van der Waals surface area contributed by atoms with Crippen LogP contribution in [0.25, 0.3) is 0 Å². The van der Waals surface area contributed by atoms with Crippen LogP contribution in [0.2, 0.25) is 0 Å². The molecule has 30 heteroatoms. The van der Waals surface area contributed by atoms with Gasteiger partial charge >= 0.3 is 24.2 Å². The number of alkyl carbamates (subject to hydrolysis) is 3. The summed E-state index contributed by atoms with van der Waals surface area (Å²) in [5, 5.41) is 33.1. The average Bonchev–Trinajstić information content (AvgIpc) is 0.810. The van der Waals surface area contributed by atoms with E-state index in [4.69, 9.17) is 54.1 Å². The Bertz CT molecular complexity index is 3610. The van der Waals surface area contributed by atoms with Crippen LogP contribution in [0.5, 0.6) is 34.5 Å². The Hall–Kier alpha value is -9.03. The van der Waals surface area contributed by atoms with Crippen LogP contribution in [0.1, 0.15) is 358 Å². The summed E-state index contributed by atoms with van der Waals surface area (Å²) in [6, 6.07) is 9.70. The van der Waals surface area contributed by atoms with Crippen LogP contribution in [0.4, 0.5) is 14.4 Å². The largest absolute Gasteiger partial charge is 0.493 e. The number of unbranched alkanes of at least 4 members (excludes halogenated alkanes) is 15. The number of benzene rings is 3. The Balaban J connectivity index is 0.000000738. The predicted molar refractivity (Wildman–Crippen MR) is 487 cm³/mol. The molecule has 0 unspecified atom stereocenters. The molecular weight excluding hydrogens is 1590 g/mol. The Morgan fingerprint density at radius 1 is 0.323 bits per heavy atom. The third-order valence-corrected chi connectivity index (χ3v) is 19.8. The number of likely N-dealkylation sites (N-methyl/N-ethyl adjacent to an activating group) is 1. The Kier molecular flexibility index (Phi) is 54.0. The molecule has 0 aromatic heterocycles.